The number of hydrogen-bond donors (Lipinski definition) is 1. The highest BCUT2D eigenvalue weighted by Gasteiger charge is 2.16. The van der Waals surface area contributed by atoms with Gasteiger partial charge < -0.3 is 0 Å². The molecule has 0 saturated carbocycles. The van der Waals surface area contributed by atoms with E-state index in [-0.39, 0.29) is 11.6 Å². The summed E-state index contributed by atoms with van der Waals surface area (Å²) in [6, 6.07) is 9.72. The van der Waals surface area contributed by atoms with Crippen LogP contribution >= 0.6 is 11.6 Å². The minimum atomic E-state index is -0.166. The summed E-state index contributed by atoms with van der Waals surface area (Å²) >= 11 is 5.81. The Balaban J connectivity index is 2.64. The summed E-state index contributed by atoms with van der Waals surface area (Å²) < 4.78 is 0. The lowest BCUT2D eigenvalue weighted by Crippen LogP contribution is -2.43. The first kappa shape index (κ1) is 13.0. The summed E-state index contributed by atoms with van der Waals surface area (Å²) in [5, 5.41) is 13.1. The molecule has 0 amide bonds. The van der Waals surface area contributed by atoms with Crippen LogP contribution in [0.3, 0.4) is 0 Å². The molecule has 0 aliphatic rings. The summed E-state index contributed by atoms with van der Waals surface area (Å²) in [6.45, 7) is 6.16. The van der Waals surface area contributed by atoms with Gasteiger partial charge in [-0.25, -0.2) is 0 Å². The Kier molecular flexibility index (Phi) is 4.35. The molecule has 1 unspecified atom stereocenters. The number of nitrogens with one attached hydrogen (secondary N) is 1. The van der Waals surface area contributed by atoms with Gasteiger partial charge in [-0.3, -0.25) is 5.32 Å². The highest BCUT2D eigenvalue weighted by atomic mass is 35.5. The van der Waals surface area contributed by atoms with Crippen molar-refractivity contribution in [2.45, 2.75) is 38.8 Å². The van der Waals surface area contributed by atoms with Crippen LogP contribution in [0.1, 0.15) is 26.3 Å². The highest BCUT2D eigenvalue weighted by molar-refractivity contribution is 6.30. The quantitative estimate of drug-likeness (QED) is 0.875. The van der Waals surface area contributed by atoms with E-state index in [0.29, 0.717) is 6.42 Å². The first-order valence-electron chi connectivity index (χ1n) is 5.32. The summed E-state index contributed by atoms with van der Waals surface area (Å²) in [5.41, 5.74) is 1.07. The van der Waals surface area contributed by atoms with Gasteiger partial charge in [0, 0.05) is 17.0 Å². The van der Waals surface area contributed by atoms with Crippen LogP contribution < -0.4 is 5.32 Å². The van der Waals surface area contributed by atoms with Gasteiger partial charge in [0.05, 0.1) is 12.1 Å². The van der Waals surface area contributed by atoms with Crippen molar-refractivity contribution >= 4 is 11.6 Å². The molecule has 0 heterocycles. The predicted molar refractivity (Wildman–Crippen MR) is 67.4 cm³/mol. The summed E-state index contributed by atoms with van der Waals surface area (Å²) in [4.78, 5) is 0. The maximum Gasteiger partial charge on any atom is 0.0997 e. The van der Waals surface area contributed by atoms with E-state index in [1.165, 1.54) is 0 Å². The van der Waals surface area contributed by atoms with Crippen LogP contribution in [0.15, 0.2) is 24.3 Å². The molecule has 0 spiro atoms. The zero-order valence-electron chi connectivity index (χ0n) is 9.92. The van der Waals surface area contributed by atoms with Crippen molar-refractivity contribution in [2.75, 3.05) is 0 Å². The van der Waals surface area contributed by atoms with Gasteiger partial charge in [0.2, 0.25) is 0 Å². The van der Waals surface area contributed by atoms with Gasteiger partial charge in [0.25, 0.3) is 0 Å². The molecule has 1 atom stereocenters. The lowest BCUT2D eigenvalue weighted by Gasteiger charge is -2.24. The van der Waals surface area contributed by atoms with Gasteiger partial charge in [0.15, 0.2) is 0 Å². The monoisotopic (exact) mass is 236 g/mol. The third-order valence-corrected chi connectivity index (χ3v) is 2.37. The van der Waals surface area contributed by atoms with Crippen molar-refractivity contribution in [1.29, 1.82) is 5.26 Å². The molecular weight excluding hydrogens is 220 g/mol. The van der Waals surface area contributed by atoms with Crippen LogP contribution in [0.5, 0.6) is 0 Å². The minimum Gasteiger partial charge on any atom is -0.297 e. The van der Waals surface area contributed by atoms with E-state index in [4.69, 9.17) is 16.9 Å². The fraction of sp³-hybridized carbons (Fsp3) is 0.462. The molecule has 0 aliphatic heterocycles. The number of halogens is 1. The predicted octanol–water partition coefficient (Wildman–Crippen LogP) is 3.16. The van der Waals surface area contributed by atoms with Crippen molar-refractivity contribution in [3.8, 4) is 6.07 Å². The fourth-order valence-electron chi connectivity index (χ4n) is 1.51. The van der Waals surface area contributed by atoms with E-state index in [0.717, 1.165) is 10.6 Å². The van der Waals surface area contributed by atoms with Gasteiger partial charge in [-0.15, -0.1) is 0 Å². The standard InChI is InChI=1S/C13H17ClN2/c1-13(2,3)16-12(9-15)8-10-4-6-11(14)7-5-10/h4-7,12,16H,8H2,1-3H3. The zero-order valence-corrected chi connectivity index (χ0v) is 10.7. The molecule has 0 aromatic heterocycles. The lowest BCUT2D eigenvalue weighted by atomic mass is 10.0. The van der Waals surface area contributed by atoms with Crippen molar-refractivity contribution < 1.29 is 0 Å². The van der Waals surface area contributed by atoms with Crippen LogP contribution in [-0.4, -0.2) is 11.6 Å². The molecule has 3 heteroatoms. The molecule has 0 bridgehead atoms. The Hall–Kier alpha value is -1.04. The normalized spacial score (nSPS) is 13.2. The first-order valence-corrected chi connectivity index (χ1v) is 5.70. The van der Waals surface area contributed by atoms with Crippen LogP contribution in [0.25, 0.3) is 0 Å². The second-order valence-corrected chi connectivity index (χ2v) is 5.34. The fourth-order valence-corrected chi connectivity index (χ4v) is 1.63. The van der Waals surface area contributed by atoms with Crippen molar-refractivity contribution in [3.05, 3.63) is 34.9 Å². The molecular formula is C13H17ClN2. The molecule has 1 aromatic carbocycles. The largest absolute Gasteiger partial charge is 0.297 e. The molecule has 0 saturated heterocycles. The average Bonchev–Trinajstić information content (AvgIpc) is 2.18. The van der Waals surface area contributed by atoms with E-state index in [1.807, 2.05) is 24.3 Å². The molecule has 86 valence electrons. The Morgan fingerprint density at radius 2 is 1.88 bits per heavy atom. The average molecular weight is 237 g/mol. The summed E-state index contributed by atoms with van der Waals surface area (Å²) in [6.07, 6.45) is 0.699. The van der Waals surface area contributed by atoms with Crippen molar-refractivity contribution in [3.63, 3.8) is 0 Å². The molecule has 16 heavy (non-hydrogen) atoms. The maximum atomic E-state index is 9.07. The van der Waals surface area contributed by atoms with Gasteiger partial charge in [-0.05, 0) is 38.5 Å². The van der Waals surface area contributed by atoms with Gasteiger partial charge in [-0.2, -0.15) is 5.26 Å². The number of benzene rings is 1. The molecule has 1 rings (SSSR count). The van der Waals surface area contributed by atoms with Crippen LogP contribution in [0.4, 0.5) is 0 Å². The molecule has 0 radical (unpaired) electrons. The Labute approximate surface area is 102 Å². The summed E-state index contributed by atoms with van der Waals surface area (Å²) in [7, 11) is 0. The molecule has 1 aromatic rings. The Bertz CT molecular complexity index is 370. The smallest absolute Gasteiger partial charge is 0.0997 e. The number of nitrogens with zero attached hydrogens (tertiary/aromatic N) is 1. The van der Waals surface area contributed by atoms with Gasteiger partial charge >= 0.3 is 0 Å². The number of nitriles is 1. The Morgan fingerprint density at radius 3 is 2.31 bits per heavy atom. The second-order valence-electron chi connectivity index (χ2n) is 4.91. The van der Waals surface area contributed by atoms with E-state index in [9.17, 15) is 0 Å². The zero-order chi connectivity index (χ0) is 12.2. The third-order valence-electron chi connectivity index (χ3n) is 2.12. The van der Waals surface area contributed by atoms with Gasteiger partial charge in [-0.1, -0.05) is 23.7 Å². The van der Waals surface area contributed by atoms with Crippen molar-refractivity contribution in [2.24, 2.45) is 0 Å². The second kappa shape index (κ2) is 5.34. The number of hydrogen-bond acceptors (Lipinski definition) is 2. The first-order chi connectivity index (χ1) is 7.40. The van der Waals surface area contributed by atoms with E-state index < -0.39 is 0 Å². The van der Waals surface area contributed by atoms with Crippen molar-refractivity contribution in [1.82, 2.24) is 5.32 Å². The van der Waals surface area contributed by atoms with E-state index in [2.05, 4.69) is 32.2 Å². The summed E-state index contributed by atoms with van der Waals surface area (Å²) in [5.74, 6) is 0. The van der Waals surface area contributed by atoms with E-state index >= 15 is 0 Å². The maximum absolute atomic E-state index is 9.07. The SMILES string of the molecule is CC(C)(C)NC(C#N)Cc1ccc(Cl)cc1. The van der Waals surface area contributed by atoms with Gasteiger partial charge in [0.1, 0.15) is 0 Å². The molecule has 0 aliphatic carbocycles. The number of rotatable bonds is 3. The molecule has 2 nitrogen and oxygen atoms in total. The minimum absolute atomic E-state index is 0.0488. The third kappa shape index (κ3) is 4.65. The molecule has 1 N–H and O–H groups in total. The lowest BCUT2D eigenvalue weighted by molar-refractivity contribution is 0.394. The van der Waals surface area contributed by atoms with Crippen LogP contribution in [-0.2, 0) is 6.42 Å². The Morgan fingerprint density at radius 1 is 1.31 bits per heavy atom. The molecule has 0 fully saturated rings. The van der Waals surface area contributed by atoms with Crippen LogP contribution in [0.2, 0.25) is 5.02 Å². The topological polar surface area (TPSA) is 35.8 Å². The van der Waals surface area contributed by atoms with Crippen LogP contribution in [0, 0.1) is 11.3 Å². The highest BCUT2D eigenvalue weighted by Crippen LogP contribution is 2.12. The van der Waals surface area contributed by atoms with E-state index in [1.54, 1.807) is 0 Å².